The highest BCUT2D eigenvalue weighted by molar-refractivity contribution is 7.92. The van der Waals surface area contributed by atoms with Gasteiger partial charge in [0.05, 0.1) is 16.8 Å². The van der Waals surface area contributed by atoms with Crippen LogP contribution >= 0.6 is 0 Å². The second-order valence-corrected chi connectivity index (χ2v) is 8.00. The summed E-state index contributed by atoms with van der Waals surface area (Å²) in [6.45, 7) is 6.30. The summed E-state index contributed by atoms with van der Waals surface area (Å²) in [4.78, 5) is 19.8. The van der Waals surface area contributed by atoms with E-state index in [-0.39, 0.29) is 16.6 Å². The molecule has 0 bridgehead atoms. The second-order valence-electron chi connectivity index (χ2n) is 6.31. The lowest BCUT2D eigenvalue weighted by Crippen LogP contribution is -2.48. The molecule has 1 amide bonds. The number of hydrogen-bond acceptors (Lipinski definition) is 5. The zero-order valence-electron chi connectivity index (χ0n) is 14.8. The van der Waals surface area contributed by atoms with E-state index in [1.54, 1.807) is 43.5 Å². The Hall–Kier alpha value is -2.61. The van der Waals surface area contributed by atoms with Crippen molar-refractivity contribution in [3.63, 3.8) is 0 Å². The number of pyridine rings is 1. The first kappa shape index (κ1) is 18.2. The molecule has 0 aliphatic carbocycles. The van der Waals surface area contributed by atoms with E-state index < -0.39 is 10.0 Å². The number of benzene rings is 1. The van der Waals surface area contributed by atoms with Gasteiger partial charge < -0.3 is 9.80 Å². The van der Waals surface area contributed by atoms with Crippen molar-refractivity contribution in [2.45, 2.75) is 18.7 Å². The Bertz CT molecular complexity index is 872. The monoisotopic (exact) mass is 374 g/mol. The van der Waals surface area contributed by atoms with Gasteiger partial charge in [-0.1, -0.05) is 17.7 Å². The van der Waals surface area contributed by atoms with E-state index in [4.69, 9.17) is 0 Å². The number of nitrogens with one attached hydrogen (secondary N) is 1. The number of aryl methyl sites for hydroxylation is 1. The van der Waals surface area contributed by atoms with E-state index in [2.05, 4.69) is 14.6 Å². The minimum absolute atomic E-state index is 0.0867. The van der Waals surface area contributed by atoms with Crippen molar-refractivity contribution in [1.29, 1.82) is 0 Å². The second kappa shape index (κ2) is 7.33. The molecule has 1 aromatic heterocycles. The van der Waals surface area contributed by atoms with Crippen LogP contribution in [0.3, 0.4) is 0 Å². The third-order valence-corrected chi connectivity index (χ3v) is 5.78. The highest BCUT2D eigenvalue weighted by Crippen LogP contribution is 2.19. The predicted octanol–water partition coefficient (Wildman–Crippen LogP) is 1.86. The average Bonchev–Trinajstić information content (AvgIpc) is 2.62. The molecular weight excluding hydrogens is 352 g/mol. The molecule has 138 valence electrons. The summed E-state index contributed by atoms with van der Waals surface area (Å²) in [5.41, 5.74) is 1.91. The molecule has 1 saturated heterocycles. The van der Waals surface area contributed by atoms with Crippen LogP contribution in [0.5, 0.6) is 0 Å². The van der Waals surface area contributed by atoms with Crippen LogP contribution in [-0.2, 0) is 14.8 Å². The smallest absolute Gasteiger partial charge is 0.263 e. The molecule has 0 unspecified atom stereocenters. The lowest BCUT2D eigenvalue weighted by molar-refractivity contribution is -0.129. The number of carbonyl (C=O) groups is 1. The van der Waals surface area contributed by atoms with Crippen molar-refractivity contribution in [1.82, 2.24) is 9.88 Å². The fraction of sp³-hybridized carbons (Fsp3) is 0.333. The molecule has 0 spiro atoms. The molecule has 0 radical (unpaired) electrons. The predicted molar refractivity (Wildman–Crippen MR) is 101 cm³/mol. The topological polar surface area (TPSA) is 82.6 Å². The van der Waals surface area contributed by atoms with Gasteiger partial charge in [0.25, 0.3) is 10.0 Å². The molecular formula is C18H22N4O3S. The minimum Gasteiger partial charge on any atom is -0.367 e. The fourth-order valence-electron chi connectivity index (χ4n) is 2.83. The van der Waals surface area contributed by atoms with Gasteiger partial charge in [-0.05, 0) is 31.2 Å². The van der Waals surface area contributed by atoms with Crippen LogP contribution in [0, 0.1) is 6.92 Å². The summed E-state index contributed by atoms with van der Waals surface area (Å²) in [6, 6.07) is 10.1. The van der Waals surface area contributed by atoms with Gasteiger partial charge in [-0.15, -0.1) is 0 Å². The summed E-state index contributed by atoms with van der Waals surface area (Å²) in [5.74, 6) is 0.361. The van der Waals surface area contributed by atoms with Crippen molar-refractivity contribution in [3.05, 3.63) is 48.2 Å². The number of carbonyl (C=O) groups excluding carboxylic acids is 1. The molecule has 26 heavy (non-hydrogen) atoms. The lowest BCUT2D eigenvalue weighted by Gasteiger charge is -2.35. The van der Waals surface area contributed by atoms with Crippen LogP contribution in [0.4, 0.5) is 11.5 Å². The normalized spacial score (nSPS) is 15.0. The van der Waals surface area contributed by atoms with Crippen LogP contribution < -0.4 is 9.62 Å². The number of amides is 1. The number of rotatable bonds is 4. The molecule has 1 aliphatic heterocycles. The Morgan fingerprint density at radius 2 is 1.69 bits per heavy atom. The van der Waals surface area contributed by atoms with E-state index in [0.29, 0.717) is 13.1 Å². The van der Waals surface area contributed by atoms with Crippen LogP contribution in [0.15, 0.2) is 47.5 Å². The van der Waals surface area contributed by atoms with Crippen molar-refractivity contribution in [3.8, 4) is 0 Å². The van der Waals surface area contributed by atoms with E-state index in [0.717, 1.165) is 24.3 Å². The average molecular weight is 374 g/mol. The third-order valence-electron chi connectivity index (χ3n) is 4.41. The van der Waals surface area contributed by atoms with Gasteiger partial charge >= 0.3 is 0 Å². The zero-order chi connectivity index (χ0) is 18.7. The first-order valence-corrected chi connectivity index (χ1v) is 9.89. The fourth-order valence-corrected chi connectivity index (χ4v) is 3.84. The quantitative estimate of drug-likeness (QED) is 0.883. The summed E-state index contributed by atoms with van der Waals surface area (Å²) in [6.07, 6.45) is 1.65. The first-order valence-electron chi connectivity index (χ1n) is 8.41. The molecule has 1 fully saturated rings. The lowest BCUT2D eigenvalue weighted by atomic mass is 10.2. The van der Waals surface area contributed by atoms with Crippen LogP contribution in [0.25, 0.3) is 0 Å². The molecule has 0 atom stereocenters. The molecule has 0 saturated carbocycles. The Kier molecular flexibility index (Phi) is 5.13. The molecule has 1 aliphatic rings. The number of anilines is 2. The van der Waals surface area contributed by atoms with Gasteiger partial charge in [-0.25, -0.2) is 13.4 Å². The number of sulfonamides is 1. The molecule has 2 heterocycles. The summed E-state index contributed by atoms with van der Waals surface area (Å²) in [5, 5.41) is 0. The van der Waals surface area contributed by atoms with Crippen molar-refractivity contribution in [2.24, 2.45) is 0 Å². The number of hydrogen-bond donors (Lipinski definition) is 1. The SMILES string of the molecule is CC(=O)N1CCN(c2ccc(NS(=O)(=O)c3ccc(C)cc3)nc2)CC1. The largest absolute Gasteiger partial charge is 0.367 e. The number of aromatic nitrogens is 1. The highest BCUT2D eigenvalue weighted by Gasteiger charge is 2.19. The minimum atomic E-state index is -3.65. The Labute approximate surface area is 153 Å². The van der Waals surface area contributed by atoms with Crippen LogP contribution in [0.2, 0.25) is 0 Å². The van der Waals surface area contributed by atoms with E-state index >= 15 is 0 Å². The molecule has 8 heteroatoms. The van der Waals surface area contributed by atoms with Crippen molar-refractivity contribution < 1.29 is 13.2 Å². The maximum Gasteiger partial charge on any atom is 0.263 e. The van der Waals surface area contributed by atoms with E-state index in [1.165, 1.54) is 0 Å². The zero-order valence-corrected chi connectivity index (χ0v) is 15.7. The molecule has 1 N–H and O–H groups in total. The van der Waals surface area contributed by atoms with Gasteiger partial charge in [0, 0.05) is 33.1 Å². The summed E-state index contributed by atoms with van der Waals surface area (Å²) in [7, 11) is -3.65. The van der Waals surface area contributed by atoms with Crippen LogP contribution in [0.1, 0.15) is 12.5 Å². The Morgan fingerprint density at radius 1 is 1.04 bits per heavy atom. The van der Waals surface area contributed by atoms with Gasteiger partial charge in [0.1, 0.15) is 5.82 Å². The van der Waals surface area contributed by atoms with Gasteiger partial charge in [0.15, 0.2) is 0 Å². The molecule has 7 nitrogen and oxygen atoms in total. The maximum atomic E-state index is 12.4. The van der Waals surface area contributed by atoms with Crippen molar-refractivity contribution >= 4 is 27.4 Å². The maximum absolute atomic E-state index is 12.4. The van der Waals surface area contributed by atoms with Gasteiger partial charge in [0.2, 0.25) is 5.91 Å². The Balaban J connectivity index is 1.66. The highest BCUT2D eigenvalue weighted by atomic mass is 32.2. The standard InChI is InChI=1S/C18H22N4O3S/c1-14-3-6-17(7-4-14)26(24,25)20-18-8-5-16(13-19-18)22-11-9-21(10-12-22)15(2)23/h3-8,13H,9-12H2,1-2H3,(H,19,20). The first-order chi connectivity index (χ1) is 12.3. The van der Waals surface area contributed by atoms with Gasteiger partial charge in [-0.3, -0.25) is 9.52 Å². The number of piperazine rings is 1. The molecule has 1 aromatic carbocycles. The number of nitrogens with zero attached hydrogens (tertiary/aromatic N) is 3. The Morgan fingerprint density at radius 3 is 2.23 bits per heavy atom. The third kappa shape index (κ3) is 4.13. The van der Waals surface area contributed by atoms with E-state index in [1.807, 2.05) is 17.9 Å². The molecule has 2 aromatic rings. The van der Waals surface area contributed by atoms with Gasteiger partial charge in [-0.2, -0.15) is 0 Å². The summed E-state index contributed by atoms with van der Waals surface area (Å²) >= 11 is 0. The van der Waals surface area contributed by atoms with Crippen molar-refractivity contribution in [2.75, 3.05) is 35.8 Å². The summed E-state index contributed by atoms with van der Waals surface area (Å²) < 4.78 is 27.3. The van der Waals surface area contributed by atoms with E-state index in [9.17, 15) is 13.2 Å². The van der Waals surface area contributed by atoms with Crippen LogP contribution in [-0.4, -0.2) is 50.4 Å². The molecule has 3 rings (SSSR count).